The van der Waals surface area contributed by atoms with E-state index in [1.54, 1.807) is 0 Å². The van der Waals surface area contributed by atoms with Crippen LogP contribution in [0.3, 0.4) is 0 Å². The Balaban J connectivity index is 2.24. The van der Waals surface area contributed by atoms with Crippen molar-refractivity contribution >= 4 is 0 Å². The van der Waals surface area contributed by atoms with E-state index in [2.05, 4.69) is 5.32 Å². The summed E-state index contributed by atoms with van der Waals surface area (Å²) < 4.78 is 51.0. The van der Waals surface area contributed by atoms with Gasteiger partial charge in [-0.25, -0.2) is 4.39 Å². The number of hydrogen-bond acceptors (Lipinski definition) is 2. The van der Waals surface area contributed by atoms with Crippen molar-refractivity contribution < 1.29 is 22.7 Å². The van der Waals surface area contributed by atoms with Crippen LogP contribution in [-0.2, 0) is 6.18 Å². The van der Waals surface area contributed by atoms with Crippen molar-refractivity contribution in [2.24, 2.45) is 5.92 Å². The van der Waals surface area contributed by atoms with Gasteiger partial charge in [-0.15, -0.1) is 0 Å². The first-order chi connectivity index (χ1) is 8.89. The first-order valence-corrected chi connectivity index (χ1v) is 6.15. The van der Waals surface area contributed by atoms with Gasteiger partial charge >= 0.3 is 6.18 Å². The Morgan fingerprint density at radius 2 is 2.05 bits per heavy atom. The third kappa shape index (κ3) is 3.25. The average molecular weight is 277 g/mol. The maximum absolute atomic E-state index is 13.2. The van der Waals surface area contributed by atoms with Gasteiger partial charge in [-0.2, -0.15) is 13.2 Å². The summed E-state index contributed by atoms with van der Waals surface area (Å²) in [5, 5.41) is 13.2. The number of alkyl halides is 3. The molecule has 0 aromatic heterocycles. The van der Waals surface area contributed by atoms with Crippen LogP contribution < -0.4 is 5.32 Å². The number of benzene rings is 1. The average Bonchev–Trinajstić information content (AvgIpc) is 2.38. The lowest BCUT2D eigenvalue weighted by molar-refractivity contribution is -0.140. The molecule has 1 aliphatic rings. The van der Waals surface area contributed by atoms with Crippen LogP contribution in [0.15, 0.2) is 18.2 Å². The minimum atomic E-state index is -4.75. The number of nitrogens with one attached hydrogen (secondary N) is 1. The molecule has 106 valence electrons. The Morgan fingerprint density at radius 3 is 2.63 bits per heavy atom. The lowest BCUT2D eigenvalue weighted by Crippen LogP contribution is -2.33. The zero-order valence-electron chi connectivity index (χ0n) is 10.2. The highest BCUT2D eigenvalue weighted by Crippen LogP contribution is 2.35. The summed E-state index contributed by atoms with van der Waals surface area (Å²) >= 11 is 0. The van der Waals surface area contributed by atoms with Crippen LogP contribution in [0.25, 0.3) is 0 Å². The van der Waals surface area contributed by atoms with Gasteiger partial charge in [-0.1, -0.05) is 6.07 Å². The molecule has 0 spiro atoms. The molecule has 0 amide bonds. The zero-order chi connectivity index (χ0) is 14.0. The molecule has 0 aliphatic carbocycles. The standard InChI is InChI=1S/C13H15F4NO/c14-11-4-3-8(6-10(11)13(15,16)17)12(19)9-2-1-5-18-7-9/h3-4,6,9,12,18-19H,1-2,5,7H2. The van der Waals surface area contributed by atoms with Gasteiger partial charge in [0.2, 0.25) is 0 Å². The molecule has 2 atom stereocenters. The highest BCUT2D eigenvalue weighted by atomic mass is 19.4. The minimum absolute atomic E-state index is 0.113. The monoisotopic (exact) mass is 277 g/mol. The van der Waals surface area contributed by atoms with E-state index in [4.69, 9.17) is 0 Å². The molecular formula is C13H15F4NO. The predicted octanol–water partition coefficient (Wildman–Crippen LogP) is 2.88. The van der Waals surface area contributed by atoms with Crippen LogP contribution in [0.4, 0.5) is 17.6 Å². The van der Waals surface area contributed by atoms with Gasteiger partial charge in [0.25, 0.3) is 0 Å². The van der Waals surface area contributed by atoms with E-state index in [-0.39, 0.29) is 11.5 Å². The Hall–Kier alpha value is -1.14. The van der Waals surface area contributed by atoms with E-state index in [1.165, 1.54) is 6.07 Å². The molecule has 1 aromatic rings. The maximum atomic E-state index is 13.2. The van der Waals surface area contributed by atoms with Crippen LogP contribution in [0.1, 0.15) is 30.1 Å². The van der Waals surface area contributed by atoms with E-state index < -0.39 is 23.7 Å². The molecule has 0 saturated carbocycles. The van der Waals surface area contributed by atoms with E-state index in [0.717, 1.165) is 25.5 Å². The van der Waals surface area contributed by atoms with Crippen molar-refractivity contribution in [1.29, 1.82) is 0 Å². The second kappa shape index (κ2) is 5.46. The second-order valence-corrected chi connectivity index (χ2v) is 4.79. The molecule has 1 heterocycles. The maximum Gasteiger partial charge on any atom is 0.419 e. The Bertz CT molecular complexity index is 441. The normalized spacial score (nSPS) is 22.3. The summed E-state index contributed by atoms with van der Waals surface area (Å²) in [6.07, 6.45) is -4.14. The van der Waals surface area contributed by atoms with Crippen LogP contribution in [0.5, 0.6) is 0 Å². The van der Waals surface area contributed by atoms with Gasteiger partial charge in [-0.05, 0) is 37.1 Å². The molecule has 1 aromatic carbocycles. The van der Waals surface area contributed by atoms with Crippen molar-refractivity contribution in [2.75, 3.05) is 13.1 Å². The Kier molecular flexibility index (Phi) is 4.10. The second-order valence-electron chi connectivity index (χ2n) is 4.79. The summed E-state index contributed by atoms with van der Waals surface area (Å²) in [5.74, 6) is -1.45. The largest absolute Gasteiger partial charge is 0.419 e. The third-order valence-electron chi connectivity index (χ3n) is 3.42. The van der Waals surface area contributed by atoms with Crippen molar-refractivity contribution in [1.82, 2.24) is 5.32 Å². The highest BCUT2D eigenvalue weighted by Gasteiger charge is 2.35. The number of piperidine rings is 1. The van der Waals surface area contributed by atoms with Gasteiger partial charge in [0, 0.05) is 12.5 Å². The van der Waals surface area contributed by atoms with Crippen molar-refractivity contribution in [2.45, 2.75) is 25.1 Å². The summed E-state index contributed by atoms with van der Waals surface area (Å²) in [6.45, 7) is 1.40. The molecule has 2 nitrogen and oxygen atoms in total. The molecule has 6 heteroatoms. The van der Waals surface area contributed by atoms with E-state index in [0.29, 0.717) is 12.6 Å². The number of aliphatic hydroxyl groups is 1. The Morgan fingerprint density at radius 1 is 1.32 bits per heavy atom. The lowest BCUT2D eigenvalue weighted by Gasteiger charge is -2.28. The fourth-order valence-corrected chi connectivity index (χ4v) is 2.36. The van der Waals surface area contributed by atoms with Crippen molar-refractivity contribution in [3.8, 4) is 0 Å². The fraction of sp³-hybridized carbons (Fsp3) is 0.538. The summed E-state index contributed by atoms with van der Waals surface area (Å²) in [6, 6.07) is 2.68. The first-order valence-electron chi connectivity index (χ1n) is 6.15. The fourth-order valence-electron chi connectivity index (χ4n) is 2.36. The van der Waals surface area contributed by atoms with Gasteiger partial charge in [-0.3, -0.25) is 0 Å². The van der Waals surface area contributed by atoms with E-state index in [9.17, 15) is 22.7 Å². The molecule has 1 fully saturated rings. The van der Waals surface area contributed by atoms with Crippen molar-refractivity contribution in [3.63, 3.8) is 0 Å². The lowest BCUT2D eigenvalue weighted by atomic mass is 9.89. The third-order valence-corrected chi connectivity index (χ3v) is 3.42. The summed E-state index contributed by atoms with van der Waals surface area (Å²) in [7, 11) is 0. The zero-order valence-corrected chi connectivity index (χ0v) is 10.2. The van der Waals surface area contributed by atoms with Crippen LogP contribution in [0, 0.1) is 11.7 Å². The molecule has 0 radical (unpaired) electrons. The van der Waals surface area contributed by atoms with Gasteiger partial charge in [0.15, 0.2) is 0 Å². The highest BCUT2D eigenvalue weighted by molar-refractivity contribution is 5.29. The number of rotatable bonds is 2. The van der Waals surface area contributed by atoms with Crippen molar-refractivity contribution in [3.05, 3.63) is 35.1 Å². The molecule has 0 bridgehead atoms. The smallest absolute Gasteiger partial charge is 0.388 e. The topological polar surface area (TPSA) is 32.3 Å². The molecular weight excluding hydrogens is 262 g/mol. The van der Waals surface area contributed by atoms with Gasteiger partial charge in [0.05, 0.1) is 11.7 Å². The van der Waals surface area contributed by atoms with Gasteiger partial charge in [0.1, 0.15) is 5.82 Å². The molecule has 1 saturated heterocycles. The molecule has 2 rings (SSSR count). The molecule has 2 N–H and O–H groups in total. The first kappa shape index (κ1) is 14.3. The Labute approximate surface area is 108 Å². The summed E-state index contributed by atoms with van der Waals surface area (Å²) in [4.78, 5) is 0. The molecule has 1 aliphatic heterocycles. The van der Waals surface area contributed by atoms with Crippen LogP contribution in [-0.4, -0.2) is 18.2 Å². The van der Waals surface area contributed by atoms with E-state index >= 15 is 0 Å². The number of aliphatic hydroxyl groups excluding tert-OH is 1. The van der Waals surface area contributed by atoms with Crippen LogP contribution >= 0.6 is 0 Å². The minimum Gasteiger partial charge on any atom is -0.388 e. The van der Waals surface area contributed by atoms with E-state index in [1.807, 2.05) is 0 Å². The predicted molar refractivity (Wildman–Crippen MR) is 62.0 cm³/mol. The van der Waals surface area contributed by atoms with Gasteiger partial charge < -0.3 is 10.4 Å². The SMILES string of the molecule is OC(c1ccc(F)c(C(F)(F)F)c1)C1CCCNC1. The number of hydrogen-bond donors (Lipinski definition) is 2. The molecule has 19 heavy (non-hydrogen) atoms. The summed E-state index contributed by atoms with van der Waals surface area (Å²) in [5.41, 5.74) is -1.21. The molecule has 2 unspecified atom stereocenters. The quantitative estimate of drug-likeness (QED) is 0.815. The number of halogens is 4. The van der Waals surface area contributed by atoms with Crippen LogP contribution in [0.2, 0.25) is 0 Å².